The maximum absolute atomic E-state index is 12.4. The molecule has 0 atom stereocenters. The van der Waals surface area contributed by atoms with Crippen molar-refractivity contribution in [3.05, 3.63) is 11.8 Å². The molecule has 3 heterocycles. The van der Waals surface area contributed by atoms with Crippen LogP contribution in [-0.4, -0.2) is 78.4 Å². The molecule has 1 amide bonds. The van der Waals surface area contributed by atoms with E-state index in [1.807, 2.05) is 11.9 Å². The summed E-state index contributed by atoms with van der Waals surface area (Å²) in [7, 11) is -1.51. The Bertz CT molecular complexity index is 1030. The molecule has 30 heavy (non-hydrogen) atoms. The van der Waals surface area contributed by atoms with Gasteiger partial charge in [-0.3, -0.25) is 4.79 Å². The summed E-state index contributed by atoms with van der Waals surface area (Å²) in [6.07, 6.45) is 3.88. The molecule has 2 aliphatic rings. The average molecular weight is 438 g/mol. The molecule has 12 nitrogen and oxygen atoms in total. The van der Waals surface area contributed by atoms with Gasteiger partial charge in [0.05, 0.1) is 5.75 Å². The molecule has 5 N–H and O–H groups in total. The number of primary amides is 1. The molecule has 0 spiro atoms. The van der Waals surface area contributed by atoms with E-state index < -0.39 is 15.9 Å². The lowest BCUT2D eigenvalue weighted by atomic mass is 10.1. The summed E-state index contributed by atoms with van der Waals surface area (Å²) in [6, 6.07) is 1.88. The largest absolute Gasteiger partial charge is 0.364 e. The van der Waals surface area contributed by atoms with Crippen LogP contribution in [-0.2, 0) is 10.0 Å². The predicted molar refractivity (Wildman–Crippen MR) is 112 cm³/mol. The van der Waals surface area contributed by atoms with Crippen LogP contribution in [0.3, 0.4) is 0 Å². The highest BCUT2D eigenvalue weighted by atomic mass is 32.2. The van der Waals surface area contributed by atoms with Crippen molar-refractivity contribution in [3.8, 4) is 0 Å². The zero-order valence-corrected chi connectivity index (χ0v) is 17.7. The zero-order valence-electron chi connectivity index (χ0n) is 16.8. The van der Waals surface area contributed by atoms with E-state index in [1.165, 1.54) is 10.6 Å². The normalized spacial score (nSPS) is 18.1. The maximum Gasteiger partial charge on any atom is 0.269 e. The summed E-state index contributed by atoms with van der Waals surface area (Å²) in [5, 5.41) is 10.4. The fourth-order valence-electron chi connectivity index (χ4n) is 3.73. The molecule has 2 aromatic heterocycles. The third-order valence-corrected chi connectivity index (χ3v) is 6.93. The second-order valence-electron chi connectivity index (χ2n) is 7.75. The fraction of sp³-hybridized carbons (Fsp3) is 0.647. The first kappa shape index (κ1) is 20.8. The van der Waals surface area contributed by atoms with Crippen molar-refractivity contribution < 1.29 is 13.2 Å². The monoisotopic (exact) mass is 437 g/mol. The Morgan fingerprint density at radius 1 is 1.23 bits per heavy atom. The molecule has 1 aliphatic heterocycles. The van der Waals surface area contributed by atoms with Crippen molar-refractivity contribution in [2.24, 2.45) is 5.73 Å². The van der Waals surface area contributed by atoms with E-state index in [0.717, 1.165) is 38.8 Å². The Morgan fingerprint density at radius 3 is 2.63 bits per heavy atom. The second kappa shape index (κ2) is 8.32. The number of aromatic nitrogens is 4. The highest BCUT2D eigenvalue weighted by molar-refractivity contribution is 7.89. The van der Waals surface area contributed by atoms with Crippen molar-refractivity contribution in [2.75, 3.05) is 42.7 Å². The van der Waals surface area contributed by atoms with Crippen LogP contribution in [0.15, 0.2) is 6.07 Å². The minimum atomic E-state index is -3.41. The summed E-state index contributed by atoms with van der Waals surface area (Å²) in [5.41, 5.74) is 5.82. The van der Waals surface area contributed by atoms with E-state index in [4.69, 9.17) is 5.73 Å². The number of carbonyl (C=O) groups is 1. The third-order valence-electron chi connectivity index (χ3n) is 5.49. The van der Waals surface area contributed by atoms with Crippen molar-refractivity contribution in [2.45, 2.75) is 37.8 Å². The van der Waals surface area contributed by atoms with E-state index in [1.54, 1.807) is 0 Å². The quantitative estimate of drug-likeness (QED) is 0.382. The van der Waals surface area contributed by atoms with Gasteiger partial charge in [0.2, 0.25) is 21.9 Å². The molecule has 2 fully saturated rings. The highest BCUT2D eigenvalue weighted by Gasteiger charge is 2.28. The number of amides is 1. The van der Waals surface area contributed by atoms with Gasteiger partial charge in [-0.25, -0.2) is 13.1 Å². The number of hydrogen-bond donors (Lipinski definition) is 4. The van der Waals surface area contributed by atoms with E-state index in [0.29, 0.717) is 23.6 Å². The van der Waals surface area contributed by atoms with Crippen LogP contribution in [0.25, 0.3) is 5.65 Å². The number of anilines is 2. The molecule has 0 aromatic carbocycles. The third kappa shape index (κ3) is 4.47. The van der Waals surface area contributed by atoms with Crippen LogP contribution in [0.1, 0.15) is 36.2 Å². The fourth-order valence-corrected chi connectivity index (χ4v) is 4.96. The number of nitrogens with zero attached hydrogens (tertiary/aromatic N) is 5. The van der Waals surface area contributed by atoms with Gasteiger partial charge in [0, 0.05) is 37.8 Å². The van der Waals surface area contributed by atoms with Crippen LogP contribution in [0.5, 0.6) is 0 Å². The molecular weight excluding hydrogens is 410 g/mol. The summed E-state index contributed by atoms with van der Waals surface area (Å²) in [4.78, 5) is 22.5. The number of nitrogens with two attached hydrogens (primary N) is 1. The number of fused-ring (bicyclic) bond motifs is 1. The number of likely N-dealkylation sites (N-methyl/N-ethyl adjacent to an activating group) is 1. The predicted octanol–water partition coefficient (Wildman–Crippen LogP) is -1.09. The van der Waals surface area contributed by atoms with E-state index >= 15 is 0 Å². The summed E-state index contributed by atoms with van der Waals surface area (Å²) >= 11 is 0. The Kier molecular flexibility index (Phi) is 5.75. The average Bonchev–Trinajstić information content (AvgIpc) is 3.29. The van der Waals surface area contributed by atoms with Gasteiger partial charge in [-0.15, -0.1) is 0 Å². The molecule has 1 saturated heterocycles. The lowest BCUT2D eigenvalue weighted by Gasteiger charge is -2.39. The van der Waals surface area contributed by atoms with Crippen LogP contribution < -0.4 is 26.0 Å². The Labute approximate surface area is 174 Å². The first-order valence-corrected chi connectivity index (χ1v) is 11.7. The zero-order chi connectivity index (χ0) is 21.3. The van der Waals surface area contributed by atoms with Gasteiger partial charge in [0.1, 0.15) is 0 Å². The van der Waals surface area contributed by atoms with Crippen molar-refractivity contribution >= 4 is 33.5 Å². The number of hydrogen-bond acceptors (Lipinski definition) is 9. The first-order valence-electron chi connectivity index (χ1n) is 10.1. The second-order valence-corrected chi connectivity index (χ2v) is 9.62. The van der Waals surface area contributed by atoms with E-state index in [9.17, 15) is 13.2 Å². The minimum absolute atomic E-state index is 0.0307. The van der Waals surface area contributed by atoms with E-state index in [2.05, 4.69) is 30.4 Å². The SMILES string of the molecule is CNC1CN(c2nc(NCCS(=O)(=O)NC3CCCC3)n3nc(C(N)=O)cc3n2)C1. The van der Waals surface area contributed by atoms with Crippen LogP contribution >= 0.6 is 0 Å². The van der Waals surface area contributed by atoms with Gasteiger partial charge in [-0.05, 0) is 19.9 Å². The van der Waals surface area contributed by atoms with Crippen LogP contribution in [0.2, 0.25) is 0 Å². The van der Waals surface area contributed by atoms with Gasteiger partial charge in [-0.2, -0.15) is 19.6 Å². The first-order chi connectivity index (χ1) is 14.3. The molecule has 0 bridgehead atoms. The van der Waals surface area contributed by atoms with Crippen molar-refractivity contribution in [1.29, 1.82) is 0 Å². The molecule has 0 radical (unpaired) electrons. The van der Waals surface area contributed by atoms with E-state index in [-0.39, 0.29) is 24.0 Å². The van der Waals surface area contributed by atoms with Gasteiger partial charge in [0.15, 0.2) is 11.3 Å². The lowest BCUT2D eigenvalue weighted by Crippen LogP contribution is -2.57. The van der Waals surface area contributed by atoms with Gasteiger partial charge in [0.25, 0.3) is 5.91 Å². The van der Waals surface area contributed by atoms with Crippen LogP contribution in [0.4, 0.5) is 11.9 Å². The summed E-state index contributed by atoms with van der Waals surface area (Å²) in [6.45, 7) is 1.64. The summed E-state index contributed by atoms with van der Waals surface area (Å²) in [5.74, 6) is 0.0289. The molecule has 2 aromatic rings. The Hall–Kier alpha value is -2.51. The molecule has 1 saturated carbocycles. The highest BCUT2D eigenvalue weighted by Crippen LogP contribution is 2.21. The molecule has 0 unspecified atom stereocenters. The van der Waals surface area contributed by atoms with Gasteiger partial charge in [-0.1, -0.05) is 12.8 Å². The molecule has 164 valence electrons. The Morgan fingerprint density at radius 2 is 1.97 bits per heavy atom. The molecule has 4 rings (SSSR count). The number of nitrogens with one attached hydrogen (secondary N) is 3. The van der Waals surface area contributed by atoms with Gasteiger partial charge >= 0.3 is 0 Å². The van der Waals surface area contributed by atoms with Gasteiger partial charge < -0.3 is 21.3 Å². The summed E-state index contributed by atoms with van der Waals surface area (Å²) < 4.78 is 28.8. The molecule has 1 aliphatic carbocycles. The topological polar surface area (TPSA) is 160 Å². The number of rotatable bonds is 9. The minimum Gasteiger partial charge on any atom is -0.364 e. The molecular formula is C17H27N9O3S. The standard InChI is InChI=1S/C17H27N9O3S/c1-19-12-9-25(10-12)17-21-14-8-13(15(18)27)23-26(14)16(22-17)20-6-7-30(28,29)24-11-4-2-3-5-11/h8,11-12,19,24H,2-7,9-10H2,1H3,(H2,18,27)(H,20,21,22). The maximum atomic E-state index is 12.4. The van der Waals surface area contributed by atoms with Crippen molar-refractivity contribution in [3.63, 3.8) is 0 Å². The number of sulfonamides is 1. The lowest BCUT2D eigenvalue weighted by molar-refractivity contribution is 0.0995. The Balaban J connectivity index is 1.50. The van der Waals surface area contributed by atoms with Crippen molar-refractivity contribution in [1.82, 2.24) is 29.6 Å². The van der Waals surface area contributed by atoms with Crippen LogP contribution in [0, 0.1) is 0 Å². The number of carbonyl (C=O) groups excluding carboxylic acids is 1. The molecule has 13 heteroatoms. The smallest absolute Gasteiger partial charge is 0.269 e.